The van der Waals surface area contributed by atoms with Crippen LogP contribution in [0.25, 0.3) is 0 Å². The fraction of sp³-hybridized carbons (Fsp3) is 0.643. The van der Waals surface area contributed by atoms with Gasteiger partial charge in [0.1, 0.15) is 0 Å². The zero-order valence-electron chi connectivity index (χ0n) is 10.5. The lowest BCUT2D eigenvalue weighted by Crippen LogP contribution is -2.36. The summed E-state index contributed by atoms with van der Waals surface area (Å²) in [6, 6.07) is 2.38. The van der Waals surface area contributed by atoms with Crippen LogP contribution in [0.4, 0.5) is 0 Å². The molecule has 0 amide bonds. The van der Waals surface area contributed by atoms with Gasteiger partial charge in [0.2, 0.25) is 0 Å². The molecule has 1 fully saturated rings. The third-order valence-electron chi connectivity index (χ3n) is 4.02. The van der Waals surface area contributed by atoms with Crippen LogP contribution in [0.2, 0.25) is 0 Å². The van der Waals surface area contributed by atoms with E-state index in [9.17, 15) is 0 Å². The highest BCUT2D eigenvalue weighted by Crippen LogP contribution is 2.51. The third kappa shape index (κ3) is 1.47. The molecule has 1 aromatic heterocycles. The van der Waals surface area contributed by atoms with Gasteiger partial charge in [-0.2, -0.15) is 0 Å². The fourth-order valence-corrected chi connectivity index (χ4v) is 2.93. The Kier molecular flexibility index (Phi) is 2.12. The van der Waals surface area contributed by atoms with Crippen molar-refractivity contribution in [2.24, 2.45) is 0 Å². The van der Waals surface area contributed by atoms with Crippen molar-refractivity contribution in [1.29, 1.82) is 0 Å². The quantitative estimate of drug-likeness (QED) is 0.717. The van der Waals surface area contributed by atoms with Crippen molar-refractivity contribution in [3.05, 3.63) is 29.1 Å². The second kappa shape index (κ2) is 3.30. The molecule has 1 aliphatic carbocycles. The van der Waals surface area contributed by atoms with E-state index >= 15 is 0 Å². The number of pyridine rings is 1. The fourth-order valence-electron chi connectivity index (χ4n) is 2.93. The Labute approximate surface area is 97.7 Å². The Morgan fingerprint density at radius 2 is 2.12 bits per heavy atom. The van der Waals surface area contributed by atoms with Gasteiger partial charge in [0.15, 0.2) is 0 Å². The van der Waals surface area contributed by atoms with Gasteiger partial charge in [-0.3, -0.25) is 4.98 Å². The van der Waals surface area contributed by atoms with Crippen LogP contribution >= 0.6 is 0 Å². The molecule has 1 spiro atoms. The van der Waals surface area contributed by atoms with Gasteiger partial charge in [-0.25, -0.2) is 0 Å². The topological polar surface area (TPSA) is 16.1 Å². The molecule has 16 heavy (non-hydrogen) atoms. The smallest absolute Gasteiger partial charge is 0.0523 e. The Bertz CT molecular complexity index is 419. The maximum absolute atomic E-state index is 4.76. The number of likely N-dealkylation sites (N-methyl/N-ethyl adjacent to an activating group) is 1. The molecule has 1 aliphatic heterocycles. The Morgan fingerprint density at radius 1 is 1.38 bits per heavy atom. The molecule has 0 radical (unpaired) electrons. The highest BCUT2D eigenvalue weighted by molar-refractivity contribution is 5.38. The van der Waals surface area contributed by atoms with Crippen LogP contribution in [0.5, 0.6) is 0 Å². The first kappa shape index (κ1) is 10.3. The van der Waals surface area contributed by atoms with Crippen LogP contribution < -0.4 is 0 Å². The maximum Gasteiger partial charge on any atom is 0.0523 e. The van der Waals surface area contributed by atoms with Gasteiger partial charge in [0.25, 0.3) is 0 Å². The van der Waals surface area contributed by atoms with Crippen molar-refractivity contribution in [3.8, 4) is 0 Å². The number of rotatable bonds is 1. The first-order valence-electron chi connectivity index (χ1n) is 6.29. The molecule has 1 saturated carbocycles. The molecule has 86 valence electrons. The average molecular weight is 216 g/mol. The van der Waals surface area contributed by atoms with Gasteiger partial charge >= 0.3 is 0 Å². The van der Waals surface area contributed by atoms with Crippen molar-refractivity contribution < 1.29 is 0 Å². The Balaban J connectivity index is 2.05. The second-order valence-electron chi connectivity index (χ2n) is 5.88. The van der Waals surface area contributed by atoms with E-state index in [1.807, 2.05) is 0 Å². The minimum atomic E-state index is 0.428. The summed E-state index contributed by atoms with van der Waals surface area (Å²) in [5, 5.41) is 0. The molecule has 2 heteroatoms. The zero-order chi connectivity index (χ0) is 11.3. The number of fused-ring (bicyclic) bond motifs is 2. The van der Waals surface area contributed by atoms with E-state index < -0.39 is 0 Å². The summed E-state index contributed by atoms with van der Waals surface area (Å²) in [7, 11) is 2.23. The van der Waals surface area contributed by atoms with E-state index in [1.54, 1.807) is 0 Å². The van der Waals surface area contributed by atoms with Crippen molar-refractivity contribution in [2.75, 3.05) is 13.6 Å². The molecule has 2 nitrogen and oxygen atoms in total. The summed E-state index contributed by atoms with van der Waals surface area (Å²) in [6.07, 6.45) is 4.76. The predicted octanol–water partition coefficient (Wildman–Crippen LogP) is 2.68. The number of aromatic nitrogens is 1. The van der Waals surface area contributed by atoms with E-state index in [2.05, 4.69) is 38.1 Å². The summed E-state index contributed by atoms with van der Waals surface area (Å²) in [4.78, 5) is 7.21. The molecular formula is C14H20N2. The Morgan fingerprint density at radius 3 is 2.75 bits per heavy atom. The van der Waals surface area contributed by atoms with Crippen molar-refractivity contribution in [1.82, 2.24) is 9.88 Å². The molecule has 2 heterocycles. The van der Waals surface area contributed by atoms with Crippen LogP contribution in [-0.2, 0) is 12.0 Å². The van der Waals surface area contributed by atoms with Gasteiger partial charge in [0, 0.05) is 24.7 Å². The molecule has 2 aliphatic rings. The zero-order valence-corrected chi connectivity index (χ0v) is 10.5. The highest BCUT2D eigenvalue weighted by Gasteiger charge is 2.49. The van der Waals surface area contributed by atoms with Crippen LogP contribution in [0.1, 0.15) is 49.4 Å². The number of nitrogens with zero attached hydrogens (tertiary/aromatic N) is 2. The molecular weight excluding hydrogens is 196 g/mol. The van der Waals surface area contributed by atoms with E-state index in [0.29, 0.717) is 11.3 Å². The minimum Gasteiger partial charge on any atom is -0.301 e. The average Bonchev–Trinajstić information content (AvgIpc) is 2.97. The summed E-state index contributed by atoms with van der Waals surface area (Å²) in [6.45, 7) is 6.75. The summed E-state index contributed by atoms with van der Waals surface area (Å²) in [5.41, 5.74) is 4.68. The molecule has 1 aromatic rings. The predicted molar refractivity (Wildman–Crippen MR) is 65.6 cm³/mol. The maximum atomic E-state index is 4.76. The number of hydrogen-bond donors (Lipinski definition) is 0. The van der Waals surface area contributed by atoms with Crippen LogP contribution in [0, 0.1) is 0 Å². The second-order valence-corrected chi connectivity index (χ2v) is 5.88. The first-order valence-corrected chi connectivity index (χ1v) is 6.29. The lowest BCUT2D eigenvalue weighted by Gasteiger charge is -2.32. The lowest BCUT2D eigenvalue weighted by molar-refractivity contribution is 0.266. The van der Waals surface area contributed by atoms with E-state index in [4.69, 9.17) is 4.98 Å². The molecule has 0 saturated heterocycles. The Hall–Kier alpha value is -0.890. The van der Waals surface area contributed by atoms with Crippen LogP contribution in [0.15, 0.2) is 12.3 Å². The van der Waals surface area contributed by atoms with Crippen molar-refractivity contribution in [3.63, 3.8) is 0 Å². The SMILES string of the molecule is CC(C)c1cnc2c(c1)CN(C)CC21CC1. The molecule has 0 unspecified atom stereocenters. The standard InChI is InChI=1S/C14H20N2/c1-10(2)11-6-12-8-16(3)9-14(4-5-14)13(12)15-7-11/h6-7,10H,4-5,8-9H2,1-3H3. The van der Waals surface area contributed by atoms with Gasteiger partial charge < -0.3 is 4.90 Å². The van der Waals surface area contributed by atoms with Crippen molar-refractivity contribution in [2.45, 2.75) is 44.6 Å². The molecule has 3 rings (SSSR count). The third-order valence-corrected chi connectivity index (χ3v) is 4.02. The van der Waals surface area contributed by atoms with Crippen molar-refractivity contribution >= 4 is 0 Å². The van der Waals surface area contributed by atoms with Crippen LogP contribution in [0.3, 0.4) is 0 Å². The molecule has 0 bridgehead atoms. The lowest BCUT2D eigenvalue weighted by atomic mass is 9.90. The summed E-state index contributed by atoms with van der Waals surface area (Å²) >= 11 is 0. The summed E-state index contributed by atoms with van der Waals surface area (Å²) in [5.74, 6) is 0.584. The molecule has 0 atom stereocenters. The molecule has 0 aromatic carbocycles. The van der Waals surface area contributed by atoms with Gasteiger partial charge in [-0.1, -0.05) is 19.9 Å². The normalized spacial score (nSPS) is 22.5. The number of hydrogen-bond acceptors (Lipinski definition) is 2. The largest absolute Gasteiger partial charge is 0.301 e. The van der Waals surface area contributed by atoms with Gasteiger partial charge in [-0.05, 0) is 36.9 Å². The minimum absolute atomic E-state index is 0.428. The monoisotopic (exact) mass is 216 g/mol. The van der Waals surface area contributed by atoms with E-state index in [0.717, 1.165) is 6.54 Å². The first-order chi connectivity index (χ1) is 7.61. The molecule has 0 N–H and O–H groups in total. The van der Waals surface area contributed by atoms with Gasteiger partial charge in [-0.15, -0.1) is 0 Å². The van der Waals surface area contributed by atoms with E-state index in [-0.39, 0.29) is 0 Å². The summed E-state index contributed by atoms with van der Waals surface area (Å²) < 4.78 is 0. The van der Waals surface area contributed by atoms with Gasteiger partial charge in [0.05, 0.1) is 5.69 Å². The van der Waals surface area contributed by atoms with Crippen LogP contribution in [-0.4, -0.2) is 23.5 Å². The van der Waals surface area contributed by atoms with E-state index in [1.165, 1.54) is 36.2 Å². The highest BCUT2D eigenvalue weighted by atomic mass is 15.1.